The summed E-state index contributed by atoms with van der Waals surface area (Å²) in [5, 5.41) is 5.44. The summed E-state index contributed by atoms with van der Waals surface area (Å²) in [6.07, 6.45) is 1.73. The van der Waals surface area contributed by atoms with Crippen molar-refractivity contribution in [1.82, 2.24) is 19.7 Å². The van der Waals surface area contributed by atoms with E-state index in [0.717, 1.165) is 40.1 Å². The Morgan fingerprint density at radius 1 is 1.43 bits per heavy atom. The maximum Gasteiger partial charge on any atom is 0.161 e. The number of nitrogens with two attached hydrogens (primary N) is 1. The number of ether oxygens (including phenoxy) is 1. The molecule has 0 bridgehead atoms. The molecule has 0 saturated carbocycles. The molecule has 0 aliphatic rings. The molecule has 0 aliphatic heterocycles. The van der Waals surface area contributed by atoms with Crippen molar-refractivity contribution in [2.45, 2.75) is 26.4 Å². The predicted molar refractivity (Wildman–Crippen MR) is 85.0 cm³/mol. The van der Waals surface area contributed by atoms with Crippen LogP contribution in [0.25, 0.3) is 0 Å². The van der Waals surface area contributed by atoms with Crippen molar-refractivity contribution in [2.75, 3.05) is 27.7 Å². The van der Waals surface area contributed by atoms with Gasteiger partial charge >= 0.3 is 0 Å². The van der Waals surface area contributed by atoms with Crippen molar-refractivity contribution in [3.8, 4) is 5.75 Å². The van der Waals surface area contributed by atoms with E-state index >= 15 is 0 Å². The van der Waals surface area contributed by atoms with E-state index in [1.165, 1.54) is 0 Å². The van der Waals surface area contributed by atoms with Crippen molar-refractivity contribution in [2.24, 2.45) is 5.73 Å². The highest BCUT2D eigenvalue weighted by atomic mass is 32.1. The van der Waals surface area contributed by atoms with Gasteiger partial charge in [-0.3, -0.25) is 4.68 Å². The van der Waals surface area contributed by atoms with Gasteiger partial charge in [0.1, 0.15) is 5.69 Å². The predicted octanol–water partition coefficient (Wildman–Crippen LogP) is 1.57. The van der Waals surface area contributed by atoms with E-state index in [1.54, 1.807) is 24.6 Å². The highest BCUT2D eigenvalue weighted by Gasteiger charge is 2.23. The van der Waals surface area contributed by atoms with Crippen molar-refractivity contribution in [3.05, 3.63) is 27.5 Å². The fraction of sp³-hybridized carbons (Fsp3) is 0.571. The molecule has 2 aromatic rings. The molecule has 0 fully saturated rings. The van der Waals surface area contributed by atoms with Crippen LogP contribution >= 0.6 is 11.3 Å². The molecule has 2 N–H and O–H groups in total. The standard InChI is InChI=1S/C14H23N5OS/c1-9-14(21-10(2)17-9)12(15)13-11(20-5)8-16-19(13)7-6-18(3)4/h8,12H,6-7,15H2,1-5H3. The Labute approximate surface area is 129 Å². The Morgan fingerprint density at radius 2 is 2.14 bits per heavy atom. The third-order valence-corrected chi connectivity index (χ3v) is 4.50. The molecular formula is C14H23N5OS. The first kappa shape index (κ1) is 15.9. The van der Waals surface area contributed by atoms with Crippen LogP contribution in [0.1, 0.15) is 27.3 Å². The Morgan fingerprint density at radius 3 is 2.67 bits per heavy atom. The number of methoxy groups -OCH3 is 1. The minimum Gasteiger partial charge on any atom is -0.493 e. The molecule has 2 heterocycles. The second-order valence-corrected chi connectivity index (χ2v) is 6.52. The first-order valence-corrected chi connectivity index (χ1v) is 7.69. The van der Waals surface area contributed by atoms with Crippen LogP contribution in [0.15, 0.2) is 6.20 Å². The summed E-state index contributed by atoms with van der Waals surface area (Å²) in [4.78, 5) is 7.64. The molecular weight excluding hydrogens is 286 g/mol. The van der Waals surface area contributed by atoms with Gasteiger partial charge in [-0.1, -0.05) is 0 Å². The highest BCUT2D eigenvalue weighted by molar-refractivity contribution is 7.11. The second kappa shape index (κ2) is 6.55. The van der Waals surface area contributed by atoms with Crippen LogP contribution < -0.4 is 10.5 Å². The van der Waals surface area contributed by atoms with E-state index in [4.69, 9.17) is 10.5 Å². The first-order valence-electron chi connectivity index (χ1n) is 6.88. The van der Waals surface area contributed by atoms with Crippen molar-refractivity contribution < 1.29 is 4.74 Å². The number of aromatic nitrogens is 3. The summed E-state index contributed by atoms with van der Waals surface area (Å²) in [6, 6.07) is -0.268. The molecule has 1 unspecified atom stereocenters. The lowest BCUT2D eigenvalue weighted by atomic mass is 10.1. The van der Waals surface area contributed by atoms with Crippen molar-refractivity contribution in [3.63, 3.8) is 0 Å². The van der Waals surface area contributed by atoms with E-state index in [1.807, 2.05) is 32.6 Å². The fourth-order valence-corrected chi connectivity index (χ4v) is 3.21. The minimum absolute atomic E-state index is 0.268. The van der Waals surface area contributed by atoms with E-state index < -0.39 is 0 Å². The molecule has 0 radical (unpaired) electrons. The van der Waals surface area contributed by atoms with Crippen LogP contribution in [0.2, 0.25) is 0 Å². The van der Waals surface area contributed by atoms with Gasteiger partial charge in [-0.05, 0) is 27.9 Å². The molecule has 6 nitrogen and oxygen atoms in total. The summed E-state index contributed by atoms with van der Waals surface area (Å²) in [7, 11) is 5.72. The van der Waals surface area contributed by atoms with Gasteiger partial charge in [0.2, 0.25) is 0 Å². The molecule has 7 heteroatoms. The van der Waals surface area contributed by atoms with Gasteiger partial charge in [0.15, 0.2) is 5.75 Å². The molecule has 116 valence electrons. The molecule has 0 aliphatic carbocycles. The monoisotopic (exact) mass is 309 g/mol. The van der Waals surface area contributed by atoms with Gasteiger partial charge in [-0.2, -0.15) is 5.10 Å². The molecule has 0 aromatic carbocycles. The Bertz CT molecular complexity index is 605. The van der Waals surface area contributed by atoms with Crippen LogP contribution in [-0.2, 0) is 6.54 Å². The second-order valence-electron chi connectivity index (χ2n) is 5.28. The number of thiazole rings is 1. The molecule has 2 aromatic heterocycles. The van der Waals surface area contributed by atoms with Gasteiger partial charge in [0.05, 0.1) is 41.5 Å². The minimum atomic E-state index is -0.268. The number of likely N-dealkylation sites (N-methyl/N-ethyl adjacent to an activating group) is 1. The van der Waals surface area contributed by atoms with E-state index in [-0.39, 0.29) is 6.04 Å². The van der Waals surface area contributed by atoms with Crippen LogP contribution in [0.5, 0.6) is 5.75 Å². The largest absolute Gasteiger partial charge is 0.493 e. The van der Waals surface area contributed by atoms with Crippen LogP contribution in [0.4, 0.5) is 0 Å². The summed E-state index contributed by atoms with van der Waals surface area (Å²) in [5.74, 6) is 0.728. The topological polar surface area (TPSA) is 69.2 Å². The maximum atomic E-state index is 6.47. The van der Waals surface area contributed by atoms with Crippen LogP contribution in [-0.4, -0.2) is 47.4 Å². The smallest absolute Gasteiger partial charge is 0.161 e. The summed E-state index contributed by atoms with van der Waals surface area (Å²) >= 11 is 1.63. The Kier molecular flexibility index (Phi) is 4.97. The van der Waals surface area contributed by atoms with Crippen molar-refractivity contribution >= 4 is 11.3 Å². The van der Waals surface area contributed by atoms with Gasteiger partial charge < -0.3 is 15.4 Å². The SMILES string of the molecule is COc1cnn(CCN(C)C)c1C(N)c1sc(C)nc1C. The third kappa shape index (κ3) is 3.42. The number of hydrogen-bond donors (Lipinski definition) is 1. The lowest BCUT2D eigenvalue weighted by Gasteiger charge is -2.17. The van der Waals surface area contributed by atoms with Gasteiger partial charge in [0.25, 0.3) is 0 Å². The quantitative estimate of drug-likeness (QED) is 0.877. The van der Waals surface area contributed by atoms with E-state index in [0.29, 0.717) is 0 Å². The Balaban J connectivity index is 2.36. The lowest BCUT2D eigenvalue weighted by molar-refractivity contribution is 0.363. The molecule has 0 amide bonds. The van der Waals surface area contributed by atoms with E-state index in [9.17, 15) is 0 Å². The normalized spacial score (nSPS) is 12.9. The van der Waals surface area contributed by atoms with E-state index in [2.05, 4.69) is 15.0 Å². The zero-order valence-electron chi connectivity index (χ0n) is 13.3. The zero-order valence-corrected chi connectivity index (χ0v) is 14.1. The number of nitrogens with zero attached hydrogens (tertiary/aromatic N) is 4. The number of hydrogen-bond acceptors (Lipinski definition) is 6. The third-order valence-electron chi connectivity index (χ3n) is 3.34. The fourth-order valence-electron chi connectivity index (χ4n) is 2.28. The summed E-state index contributed by atoms with van der Waals surface area (Å²) in [6.45, 7) is 5.65. The highest BCUT2D eigenvalue weighted by Crippen LogP contribution is 2.33. The molecule has 0 saturated heterocycles. The molecule has 2 rings (SSSR count). The number of aryl methyl sites for hydroxylation is 2. The zero-order chi connectivity index (χ0) is 15.6. The Hall–Kier alpha value is -1.44. The number of rotatable bonds is 6. The summed E-state index contributed by atoms with van der Waals surface area (Å²) < 4.78 is 7.36. The van der Waals surface area contributed by atoms with Crippen LogP contribution in [0, 0.1) is 13.8 Å². The first-order chi connectivity index (χ1) is 9.93. The van der Waals surface area contributed by atoms with Gasteiger partial charge in [-0.25, -0.2) is 4.98 Å². The lowest BCUT2D eigenvalue weighted by Crippen LogP contribution is -2.23. The van der Waals surface area contributed by atoms with Gasteiger partial charge in [-0.15, -0.1) is 11.3 Å². The van der Waals surface area contributed by atoms with Gasteiger partial charge in [0, 0.05) is 6.54 Å². The molecule has 0 spiro atoms. The summed E-state index contributed by atoms with van der Waals surface area (Å²) in [5.41, 5.74) is 8.36. The van der Waals surface area contributed by atoms with Crippen LogP contribution in [0.3, 0.4) is 0 Å². The van der Waals surface area contributed by atoms with Crippen molar-refractivity contribution in [1.29, 1.82) is 0 Å². The average molecular weight is 309 g/mol. The average Bonchev–Trinajstić information content (AvgIpc) is 2.98. The molecule has 21 heavy (non-hydrogen) atoms. The molecule has 1 atom stereocenters. The maximum absolute atomic E-state index is 6.47.